The van der Waals surface area contributed by atoms with Gasteiger partial charge in [0, 0.05) is 12.1 Å². The third kappa shape index (κ3) is 2.59. The number of nitrogens with two attached hydrogens (primary N) is 1. The number of benzene rings is 2. The lowest BCUT2D eigenvalue weighted by Gasteiger charge is -2.11. The molecular weight excluding hydrogens is 210 g/mol. The van der Waals surface area contributed by atoms with Gasteiger partial charge in [-0.1, -0.05) is 35.9 Å². The topological polar surface area (TPSA) is 35.2 Å². The second-order valence-corrected chi connectivity index (χ2v) is 4.19. The molecule has 0 bridgehead atoms. The Bertz CT molecular complexity index is 520. The van der Waals surface area contributed by atoms with Gasteiger partial charge in [-0.2, -0.15) is 0 Å². The van der Waals surface area contributed by atoms with Gasteiger partial charge in [0.25, 0.3) is 0 Å². The van der Waals surface area contributed by atoms with Gasteiger partial charge in [0.2, 0.25) is 0 Å². The van der Waals surface area contributed by atoms with E-state index in [2.05, 4.69) is 25.1 Å². The molecule has 2 aromatic carbocycles. The minimum atomic E-state index is 0.803. The Balaban J connectivity index is 2.35. The highest BCUT2D eigenvalue weighted by atomic mass is 16.5. The van der Waals surface area contributed by atoms with Crippen LogP contribution in [0.5, 0.6) is 5.75 Å². The van der Waals surface area contributed by atoms with E-state index in [9.17, 15) is 0 Å². The zero-order valence-corrected chi connectivity index (χ0v) is 10.2. The van der Waals surface area contributed by atoms with Crippen LogP contribution in [0, 0.1) is 6.92 Å². The summed E-state index contributed by atoms with van der Waals surface area (Å²) in [5.74, 6) is 0.916. The lowest BCUT2D eigenvalue weighted by molar-refractivity contribution is 0.410. The van der Waals surface area contributed by atoms with Crippen molar-refractivity contribution in [2.45, 2.75) is 13.3 Å². The first-order valence-corrected chi connectivity index (χ1v) is 5.67. The van der Waals surface area contributed by atoms with Crippen LogP contribution in [-0.4, -0.2) is 7.11 Å². The molecule has 2 heteroatoms. The molecule has 2 N–H and O–H groups in total. The van der Waals surface area contributed by atoms with Crippen LogP contribution in [0.4, 0.5) is 5.69 Å². The minimum absolute atomic E-state index is 0.803. The normalized spacial score (nSPS) is 10.2. The Morgan fingerprint density at radius 3 is 2.53 bits per heavy atom. The second kappa shape index (κ2) is 4.91. The molecule has 88 valence electrons. The number of anilines is 1. The van der Waals surface area contributed by atoms with Crippen molar-refractivity contribution in [2.75, 3.05) is 12.8 Å². The molecule has 0 amide bonds. The van der Waals surface area contributed by atoms with Crippen LogP contribution in [0.15, 0.2) is 42.5 Å². The van der Waals surface area contributed by atoms with Crippen molar-refractivity contribution in [2.24, 2.45) is 0 Å². The van der Waals surface area contributed by atoms with E-state index in [-0.39, 0.29) is 0 Å². The van der Waals surface area contributed by atoms with Crippen molar-refractivity contribution < 1.29 is 4.74 Å². The van der Waals surface area contributed by atoms with Gasteiger partial charge < -0.3 is 10.5 Å². The summed E-state index contributed by atoms with van der Waals surface area (Å²) in [7, 11) is 1.70. The summed E-state index contributed by atoms with van der Waals surface area (Å²) in [6, 6.07) is 14.1. The van der Waals surface area contributed by atoms with Crippen LogP contribution in [0.3, 0.4) is 0 Å². The molecule has 0 saturated heterocycles. The van der Waals surface area contributed by atoms with Crippen LogP contribution in [0.2, 0.25) is 0 Å². The third-order valence-electron chi connectivity index (χ3n) is 2.87. The Labute approximate surface area is 102 Å². The molecule has 2 aromatic rings. The fourth-order valence-corrected chi connectivity index (χ4v) is 1.95. The fraction of sp³-hybridized carbons (Fsp3) is 0.200. The monoisotopic (exact) mass is 227 g/mol. The summed E-state index contributed by atoms with van der Waals surface area (Å²) in [4.78, 5) is 0. The van der Waals surface area contributed by atoms with E-state index in [0.717, 1.165) is 23.4 Å². The van der Waals surface area contributed by atoms with Crippen LogP contribution in [0.25, 0.3) is 0 Å². The van der Waals surface area contributed by atoms with E-state index in [1.54, 1.807) is 7.11 Å². The van der Waals surface area contributed by atoms with Gasteiger partial charge in [-0.25, -0.2) is 0 Å². The molecule has 2 nitrogen and oxygen atoms in total. The number of rotatable bonds is 3. The van der Waals surface area contributed by atoms with Crippen molar-refractivity contribution in [3.63, 3.8) is 0 Å². The summed E-state index contributed by atoms with van der Waals surface area (Å²) in [6.07, 6.45) is 0.803. The Hall–Kier alpha value is -1.96. The SMILES string of the molecule is COc1ccc(C)cc1Cc1ccccc1N. The molecule has 0 atom stereocenters. The lowest BCUT2D eigenvalue weighted by atomic mass is 10.0. The smallest absolute Gasteiger partial charge is 0.122 e. The zero-order chi connectivity index (χ0) is 12.3. The highest BCUT2D eigenvalue weighted by Gasteiger charge is 2.06. The lowest BCUT2D eigenvalue weighted by Crippen LogP contribution is -1.98. The Kier molecular flexibility index (Phi) is 3.33. The summed E-state index contributed by atoms with van der Waals surface area (Å²) in [5.41, 5.74) is 10.3. The summed E-state index contributed by atoms with van der Waals surface area (Å²) >= 11 is 0. The fourth-order valence-electron chi connectivity index (χ4n) is 1.95. The molecule has 0 radical (unpaired) electrons. The maximum absolute atomic E-state index is 5.96. The maximum Gasteiger partial charge on any atom is 0.122 e. The van der Waals surface area contributed by atoms with E-state index in [1.165, 1.54) is 11.1 Å². The number of hydrogen-bond donors (Lipinski definition) is 1. The van der Waals surface area contributed by atoms with Gasteiger partial charge in [0.15, 0.2) is 0 Å². The number of methoxy groups -OCH3 is 1. The van der Waals surface area contributed by atoms with Gasteiger partial charge in [-0.05, 0) is 30.2 Å². The van der Waals surface area contributed by atoms with Crippen molar-refractivity contribution in [3.05, 3.63) is 59.2 Å². The molecule has 2 rings (SSSR count). The molecule has 0 aliphatic carbocycles. The van der Waals surface area contributed by atoms with Crippen molar-refractivity contribution >= 4 is 5.69 Å². The van der Waals surface area contributed by atoms with Crippen molar-refractivity contribution in [3.8, 4) is 5.75 Å². The molecule has 0 unspecified atom stereocenters. The summed E-state index contributed by atoms with van der Waals surface area (Å²) in [5, 5.41) is 0. The van der Waals surface area contributed by atoms with Crippen LogP contribution >= 0.6 is 0 Å². The first kappa shape index (κ1) is 11.5. The first-order chi connectivity index (χ1) is 8.20. The van der Waals surface area contributed by atoms with Gasteiger partial charge in [-0.3, -0.25) is 0 Å². The molecule has 0 aromatic heterocycles. The molecule has 0 fully saturated rings. The van der Waals surface area contributed by atoms with E-state index in [1.807, 2.05) is 24.3 Å². The molecule has 0 aliphatic rings. The average Bonchev–Trinajstić information content (AvgIpc) is 2.32. The van der Waals surface area contributed by atoms with Gasteiger partial charge in [0.05, 0.1) is 7.11 Å². The van der Waals surface area contributed by atoms with Crippen LogP contribution in [-0.2, 0) is 6.42 Å². The molecule has 0 heterocycles. The van der Waals surface area contributed by atoms with E-state index < -0.39 is 0 Å². The number of ether oxygens (including phenoxy) is 1. The highest BCUT2D eigenvalue weighted by molar-refractivity contribution is 5.50. The summed E-state index contributed by atoms with van der Waals surface area (Å²) < 4.78 is 5.37. The molecule has 0 spiro atoms. The first-order valence-electron chi connectivity index (χ1n) is 5.67. The quantitative estimate of drug-likeness (QED) is 0.817. The Morgan fingerprint density at radius 1 is 1.06 bits per heavy atom. The minimum Gasteiger partial charge on any atom is -0.496 e. The Morgan fingerprint density at radius 2 is 1.82 bits per heavy atom. The molecule has 0 saturated carbocycles. The van der Waals surface area contributed by atoms with Gasteiger partial charge >= 0.3 is 0 Å². The van der Waals surface area contributed by atoms with E-state index in [4.69, 9.17) is 10.5 Å². The summed E-state index contributed by atoms with van der Waals surface area (Å²) in [6.45, 7) is 2.08. The van der Waals surface area contributed by atoms with Crippen LogP contribution in [0.1, 0.15) is 16.7 Å². The largest absolute Gasteiger partial charge is 0.496 e. The number of hydrogen-bond acceptors (Lipinski definition) is 2. The van der Waals surface area contributed by atoms with Crippen molar-refractivity contribution in [1.82, 2.24) is 0 Å². The second-order valence-electron chi connectivity index (χ2n) is 4.19. The highest BCUT2D eigenvalue weighted by Crippen LogP contribution is 2.24. The van der Waals surface area contributed by atoms with Crippen LogP contribution < -0.4 is 10.5 Å². The van der Waals surface area contributed by atoms with E-state index >= 15 is 0 Å². The van der Waals surface area contributed by atoms with E-state index in [0.29, 0.717) is 0 Å². The molecule has 0 aliphatic heterocycles. The number of nitrogen functional groups attached to an aromatic ring is 1. The molecular formula is C15H17NO. The predicted octanol–water partition coefficient (Wildman–Crippen LogP) is 3.18. The zero-order valence-electron chi connectivity index (χ0n) is 10.2. The predicted molar refractivity (Wildman–Crippen MR) is 71.4 cm³/mol. The third-order valence-corrected chi connectivity index (χ3v) is 2.87. The van der Waals surface area contributed by atoms with Crippen molar-refractivity contribution in [1.29, 1.82) is 0 Å². The maximum atomic E-state index is 5.96. The number of aryl methyl sites for hydroxylation is 1. The standard InChI is InChI=1S/C15H17NO/c1-11-7-8-15(17-2)13(9-11)10-12-5-3-4-6-14(12)16/h3-9H,10,16H2,1-2H3. The van der Waals surface area contributed by atoms with Gasteiger partial charge in [-0.15, -0.1) is 0 Å². The average molecular weight is 227 g/mol. The van der Waals surface area contributed by atoms with Gasteiger partial charge in [0.1, 0.15) is 5.75 Å². The number of para-hydroxylation sites is 1. The molecule has 17 heavy (non-hydrogen) atoms.